The Bertz CT molecular complexity index is 1010. The molecule has 3 N–H and O–H groups in total. The Morgan fingerprint density at radius 1 is 1.06 bits per heavy atom. The number of thioether (sulfide) groups is 1. The number of fused-ring (bicyclic) bond motifs is 1. The molecule has 2 aromatic rings. The predicted molar refractivity (Wildman–Crippen MR) is 137 cm³/mol. The van der Waals surface area contributed by atoms with Gasteiger partial charge in [0.2, 0.25) is 5.91 Å². The molecule has 0 saturated heterocycles. The number of aliphatic carboxylic acids is 2. The lowest BCUT2D eigenvalue weighted by atomic mass is 10.1. The second kappa shape index (κ2) is 15.1. The smallest absolute Gasteiger partial charge is 0.328 e. The molecule has 0 saturated carbocycles. The van der Waals surface area contributed by atoms with Crippen molar-refractivity contribution in [1.82, 2.24) is 5.32 Å². The Balaban J connectivity index is 0.000000466. The summed E-state index contributed by atoms with van der Waals surface area (Å²) in [5.41, 5.74) is 1.18. The van der Waals surface area contributed by atoms with E-state index in [1.54, 1.807) is 25.6 Å². The highest BCUT2D eigenvalue weighted by Gasteiger charge is 2.22. The number of anilines is 1. The number of amides is 1. The third-order valence-corrected chi connectivity index (χ3v) is 7.06. The molecule has 0 unspecified atom stereocenters. The molecule has 190 valence electrons. The molecule has 11 heteroatoms. The number of rotatable bonds is 10. The monoisotopic (exact) mass is 522 g/mol. The maximum absolute atomic E-state index is 12.7. The first-order chi connectivity index (χ1) is 16.8. The molecule has 2 heterocycles. The zero-order chi connectivity index (χ0) is 25.6. The number of nitrogens with one attached hydrogen (secondary N) is 1. The zero-order valence-electron chi connectivity index (χ0n) is 19.7. The van der Waals surface area contributed by atoms with Crippen molar-refractivity contribution >= 4 is 45.9 Å². The van der Waals surface area contributed by atoms with Gasteiger partial charge in [-0.15, -0.1) is 23.1 Å². The Morgan fingerprint density at radius 2 is 1.77 bits per heavy atom. The molecule has 1 aliphatic heterocycles. The molecule has 1 aliphatic rings. The van der Waals surface area contributed by atoms with E-state index in [1.165, 1.54) is 10.5 Å². The van der Waals surface area contributed by atoms with Gasteiger partial charge in [0.1, 0.15) is 5.00 Å². The van der Waals surface area contributed by atoms with Crippen LogP contribution in [0.5, 0.6) is 11.5 Å². The zero-order valence-corrected chi connectivity index (χ0v) is 21.3. The summed E-state index contributed by atoms with van der Waals surface area (Å²) in [6.07, 6.45) is 3.56. The van der Waals surface area contributed by atoms with Gasteiger partial charge in [-0.2, -0.15) is 0 Å². The highest BCUT2D eigenvalue weighted by Crippen LogP contribution is 2.38. The molecule has 1 aromatic heterocycles. The molecule has 35 heavy (non-hydrogen) atoms. The van der Waals surface area contributed by atoms with Gasteiger partial charge in [-0.25, -0.2) is 9.59 Å². The summed E-state index contributed by atoms with van der Waals surface area (Å²) in [5.74, 6) is 0.260. The Morgan fingerprint density at radius 3 is 2.43 bits per heavy atom. The first-order valence-corrected chi connectivity index (χ1v) is 12.8. The molecule has 0 radical (unpaired) electrons. The molecular formula is C24H30N2O7S2. The van der Waals surface area contributed by atoms with E-state index in [-0.39, 0.29) is 5.91 Å². The molecule has 3 rings (SSSR count). The second-order valence-electron chi connectivity index (χ2n) is 7.29. The fourth-order valence-electron chi connectivity index (χ4n) is 3.21. The van der Waals surface area contributed by atoms with E-state index < -0.39 is 11.9 Å². The van der Waals surface area contributed by atoms with Crippen molar-refractivity contribution < 1.29 is 34.1 Å². The number of carboxylic acids is 2. The van der Waals surface area contributed by atoms with Crippen LogP contribution in [-0.4, -0.2) is 67.7 Å². The third kappa shape index (κ3) is 9.63. The summed E-state index contributed by atoms with van der Waals surface area (Å²) < 4.78 is 10.6. The van der Waals surface area contributed by atoms with Crippen LogP contribution in [0.1, 0.15) is 18.4 Å². The molecule has 0 fully saturated rings. The van der Waals surface area contributed by atoms with Crippen molar-refractivity contribution in [3.63, 3.8) is 0 Å². The van der Waals surface area contributed by atoms with Gasteiger partial charge >= 0.3 is 11.9 Å². The minimum atomic E-state index is -1.26. The molecule has 1 aromatic carbocycles. The Kier molecular flexibility index (Phi) is 12.2. The van der Waals surface area contributed by atoms with Gasteiger partial charge in [0, 0.05) is 36.6 Å². The predicted octanol–water partition coefficient (Wildman–Crippen LogP) is 3.53. The third-order valence-electron chi connectivity index (χ3n) is 4.86. The van der Waals surface area contributed by atoms with Gasteiger partial charge in [0.25, 0.3) is 0 Å². The number of methoxy groups -OCH3 is 2. The quantitative estimate of drug-likeness (QED) is 0.317. The molecule has 0 spiro atoms. The number of carbonyl (C=O) groups is 3. The summed E-state index contributed by atoms with van der Waals surface area (Å²) in [6.45, 7) is 2.34. The Hall–Kier alpha value is -3.02. The lowest BCUT2D eigenvalue weighted by Gasteiger charge is -2.20. The van der Waals surface area contributed by atoms with Crippen LogP contribution in [0.15, 0.2) is 46.7 Å². The van der Waals surface area contributed by atoms with Crippen LogP contribution < -0.4 is 19.7 Å². The van der Waals surface area contributed by atoms with Crippen molar-refractivity contribution in [2.45, 2.75) is 24.2 Å². The number of benzene rings is 1. The topological polar surface area (TPSA) is 125 Å². The number of carbonyl (C=O) groups excluding carboxylic acids is 1. The minimum absolute atomic E-state index is 0.208. The largest absolute Gasteiger partial charge is 0.493 e. The average molecular weight is 523 g/mol. The summed E-state index contributed by atoms with van der Waals surface area (Å²) in [7, 11) is 3.28. The van der Waals surface area contributed by atoms with E-state index in [2.05, 4.69) is 16.8 Å². The number of hydrogen-bond acceptors (Lipinski definition) is 8. The molecule has 9 nitrogen and oxygen atoms in total. The van der Waals surface area contributed by atoms with Gasteiger partial charge in [-0.1, -0.05) is 6.07 Å². The van der Waals surface area contributed by atoms with Crippen molar-refractivity contribution in [3.8, 4) is 11.5 Å². The van der Waals surface area contributed by atoms with Crippen LogP contribution in [0, 0.1) is 0 Å². The van der Waals surface area contributed by atoms with Gasteiger partial charge in [0.05, 0.1) is 14.2 Å². The molecule has 0 atom stereocenters. The summed E-state index contributed by atoms with van der Waals surface area (Å²) in [6, 6.07) is 8.09. The molecule has 1 amide bonds. The van der Waals surface area contributed by atoms with Crippen LogP contribution in [0.4, 0.5) is 5.00 Å². The average Bonchev–Trinajstić information content (AvgIpc) is 3.21. The molecule has 0 aliphatic carbocycles. The first-order valence-electron chi connectivity index (χ1n) is 10.9. The standard InChI is InChI=1S/C20H26N2O3S2.C4H4O4/c1-24-16-5-4-15(14-17(16)25-2)6-9-21-10-7-19(23)22-11-3-12-26-18-8-13-27-20(18)22;5-3(6)1-2-4(7)8/h4-5,8,13-14,21H,3,6-7,9-12H2,1-2H3;1-2H,(H,5,6)(H,7,8)/b;2-1+. The summed E-state index contributed by atoms with van der Waals surface area (Å²) >= 11 is 3.52. The van der Waals surface area contributed by atoms with Crippen molar-refractivity contribution in [2.24, 2.45) is 0 Å². The van der Waals surface area contributed by atoms with Gasteiger partial charge < -0.3 is 29.9 Å². The number of carboxylic acid groups (broad SMARTS) is 2. The number of ether oxygens (including phenoxy) is 2. The lowest BCUT2D eigenvalue weighted by molar-refractivity contribution is -0.134. The van der Waals surface area contributed by atoms with Crippen LogP contribution in [0.25, 0.3) is 0 Å². The van der Waals surface area contributed by atoms with E-state index in [4.69, 9.17) is 19.7 Å². The summed E-state index contributed by atoms with van der Waals surface area (Å²) in [4.78, 5) is 35.0. The SMILES string of the molecule is COc1ccc(CCNCCC(=O)N2CCCSc3ccsc32)cc1OC.O=C(O)/C=C/C(=O)O. The second-order valence-corrected chi connectivity index (χ2v) is 9.32. The van der Waals surface area contributed by atoms with Crippen molar-refractivity contribution in [3.05, 3.63) is 47.4 Å². The number of hydrogen-bond donors (Lipinski definition) is 3. The fourth-order valence-corrected chi connectivity index (χ4v) is 5.34. The highest BCUT2D eigenvalue weighted by atomic mass is 32.2. The number of nitrogens with zero attached hydrogens (tertiary/aromatic N) is 1. The first kappa shape index (κ1) is 28.2. The lowest BCUT2D eigenvalue weighted by Crippen LogP contribution is -2.33. The van der Waals surface area contributed by atoms with Crippen molar-refractivity contribution in [2.75, 3.05) is 44.5 Å². The van der Waals surface area contributed by atoms with Crippen molar-refractivity contribution in [1.29, 1.82) is 0 Å². The maximum atomic E-state index is 12.7. The fraction of sp³-hybridized carbons (Fsp3) is 0.375. The normalized spacial score (nSPS) is 12.8. The van der Waals surface area contributed by atoms with Crippen LogP contribution >= 0.6 is 23.1 Å². The van der Waals surface area contributed by atoms with E-state index in [1.807, 2.05) is 34.9 Å². The van der Waals surface area contributed by atoms with E-state index in [0.717, 1.165) is 48.2 Å². The molecule has 0 bridgehead atoms. The maximum Gasteiger partial charge on any atom is 0.328 e. The van der Waals surface area contributed by atoms with Crippen LogP contribution in [0.3, 0.4) is 0 Å². The van der Waals surface area contributed by atoms with Gasteiger partial charge in [-0.05, 0) is 54.3 Å². The van der Waals surface area contributed by atoms with E-state index >= 15 is 0 Å². The summed E-state index contributed by atoms with van der Waals surface area (Å²) in [5, 5.41) is 22.2. The highest BCUT2D eigenvalue weighted by molar-refractivity contribution is 7.99. The molecular weight excluding hydrogens is 492 g/mol. The van der Waals surface area contributed by atoms with Gasteiger partial charge in [0.15, 0.2) is 11.5 Å². The van der Waals surface area contributed by atoms with E-state index in [9.17, 15) is 14.4 Å². The van der Waals surface area contributed by atoms with E-state index in [0.29, 0.717) is 25.1 Å². The van der Waals surface area contributed by atoms with Crippen LogP contribution in [-0.2, 0) is 20.8 Å². The minimum Gasteiger partial charge on any atom is -0.493 e. The Labute approximate surface area is 212 Å². The number of thiophene rings is 1. The van der Waals surface area contributed by atoms with Gasteiger partial charge in [-0.3, -0.25) is 4.79 Å². The van der Waals surface area contributed by atoms with Crippen LogP contribution in [0.2, 0.25) is 0 Å².